The van der Waals surface area contributed by atoms with Crippen molar-refractivity contribution in [2.24, 2.45) is 0 Å². The highest BCUT2D eigenvalue weighted by molar-refractivity contribution is 7.99. The first-order valence-corrected chi connectivity index (χ1v) is 10.3. The fraction of sp³-hybridized carbons (Fsp3) is 0.421. The standard InChI is InChI=1S/C19H24N2O3S2/c1-12(22)13-6-7-15(24-5)14(8-13)9-25-11-17(23)21-18-20-16(10-26-18)19(2,3)4/h6-8,10H,9,11H2,1-5H3,(H,20,21,23). The Morgan fingerprint density at radius 1 is 1.31 bits per heavy atom. The van der Waals surface area contributed by atoms with Gasteiger partial charge in [0, 0.05) is 27.7 Å². The van der Waals surface area contributed by atoms with Crippen molar-refractivity contribution in [2.45, 2.75) is 38.9 Å². The Hall–Kier alpha value is -1.86. The number of Topliss-reactive ketones (excluding diaryl/α,β-unsaturated/α-hetero) is 1. The third-order valence-electron chi connectivity index (χ3n) is 3.70. The van der Waals surface area contributed by atoms with Crippen LogP contribution in [-0.4, -0.2) is 29.5 Å². The number of nitrogens with zero attached hydrogens (tertiary/aromatic N) is 1. The topological polar surface area (TPSA) is 68.3 Å². The first-order chi connectivity index (χ1) is 12.2. The van der Waals surface area contributed by atoms with Gasteiger partial charge in [0.2, 0.25) is 5.91 Å². The first-order valence-electron chi connectivity index (χ1n) is 8.22. The summed E-state index contributed by atoms with van der Waals surface area (Å²) in [5, 5.41) is 5.44. The van der Waals surface area contributed by atoms with Crippen LogP contribution in [0.4, 0.5) is 5.13 Å². The highest BCUT2D eigenvalue weighted by Crippen LogP contribution is 2.27. The molecule has 0 aliphatic carbocycles. The summed E-state index contributed by atoms with van der Waals surface area (Å²) < 4.78 is 5.33. The molecule has 2 aromatic rings. The molecule has 0 saturated heterocycles. The van der Waals surface area contributed by atoms with Crippen molar-refractivity contribution in [3.8, 4) is 5.75 Å². The molecule has 1 aromatic heterocycles. The van der Waals surface area contributed by atoms with E-state index in [0.29, 0.717) is 22.2 Å². The molecule has 1 amide bonds. The van der Waals surface area contributed by atoms with Gasteiger partial charge in [-0.25, -0.2) is 4.98 Å². The molecule has 0 atom stereocenters. The molecule has 0 unspecified atom stereocenters. The van der Waals surface area contributed by atoms with Crippen LogP contribution in [0.2, 0.25) is 0 Å². The van der Waals surface area contributed by atoms with Crippen molar-refractivity contribution in [3.05, 3.63) is 40.4 Å². The predicted octanol–water partition coefficient (Wildman–Crippen LogP) is 4.52. The number of aromatic nitrogens is 1. The number of ether oxygens (including phenoxy) is 1. The zero-order chi connectivity index (χ0) is 19.3. The summed E-state index contributed by atoms with van der Waals surface area (Å²) >= 11 is 2.91. The number of nitrogens with one attached hydrogen (secondary N) is 1. The molecule has 1 heterocycles. The number of thiazole rings is 1. The van der Waals surface area contributed by atoms with Crippen molar-refractivity contribution in [2.75, 3.05) is 18.2 Å². The van der Waals surface area contributed by atoms with Gasteiger partial charge >= 0.3 is 0 Å². The Balaban J connectivity index is 1.91. The quantitative estimate of drug-likeness (QED) is 0.702. The third-order valence-corrected chi connectivity index (χ3v) is 5.44. The van der Waals surface area contributed by atoms with E-state index >= 15 is 0 Å². The van der Waals surface area contributed by atoms with E-state index in [1.165, 1.54) is 30.0 Å². The van der Waals surface area contributed by atoms with Crippen molar-refractivity contribution < 1.29 is 14.3 Å². The smallest absolute Gasteiger partial charge is 0.236 e. The zero-order valence-electron chi connectivity index (χ0n) is 15.7. The molecule has 0 spiro atoms. The summed E-state index contributed by atoms with van der Waals surface area (Å²) in [6.07, 6.45) is 0. The molecule has 0 radical (unpaired) electrons. The summed E-state index contributed by atoms with van der Waals surface area (Å²) in [7, 11) is 1.60. The van der Waals surface area contributed by atoms with Crippen LogP contribution >= 0.6 is 23.1 Å². The van der Waals surface area contributed by atoms with Gasteiger partial charge in [-0.2, -0.15) is 0 Å². The predicted molar refractivity (Wildman–Crippen MR) is 109 cm³/mol. The van der Waals surface area contributed by atoms with Gasteiger partial charge in [0.1, 0.15) is 5.75 Å². The lowest BCUT2D eigenvalue weighted by atomic mass is 9.93. The molecule has 0 fully saturated rings. The number of carbonyl (C=O) groups excluding carboxylic acids is 2. The van der Waals surface area contributed by atoms with E-state index in [1.54, 1.807) is 19.2 Å². The van der Waals surface area contributed by atoms with Crippen LogP contribution < -0.4 is 10.1 Å². The van der Waals surface area contributed by atoms with Crippen LogP contribution in [0.1, 0.15) is 49.3 Å². The molecule has 1 aromatic carbocycles. The maximum atomic E-state index is 12.1. The average molecular weight is 393 g/mol. The van der Waals surface area contributed by atoms with Crippen molar-refractivity contribution >= 4 is 39.9 Å². The molecule has 140 valence electrons. The number of methoxy groups -OCH3 is 1. The van der Waals surface area contributed by atoms with Gasteiger partial charge in [-0.3, -0.25) is 9.59 Å². The second-order valence-electron chi connectivity index (χ2n) is 6.91. The third kappa shape index (κ3) is 5.57. The van der Waals surface area contributed by atoms with Crippen LogP contribution in [0.25, 0.3) is 0 Å². The minimum Gasteiger partial charge on any atom is -0.496 e. The van der Waals surface area contributed by atoms with Gasteiger partial charge in [-0.05, 0) is 25.1 Å². The summed E-state index contributed by atoms with van der Waals surface area (Å²) in [5.41, 5.74) is 2.48. The lowest BCUT2D eigenvalue weighted by Gasteiger charge is -2.14. The normalized spacial score (nSPS) is 11.3. The van der Waals surface area contributed by atoms with E-state index < -0.39 is 0 Å². The molecule has 1 N–H and O–H groups in total. The molecule has 0 aliphatic rings. The SMILES string of the molecule is COc1ccc(C(C)=O)cc1CSCC(=O)Nc1nc(C(C)(C)C)cs1. The van der Waals surface area contributed by atoms with Crippen LogP contribution in [0.15, 0.2) is 23.6 Å². The van der Waals surface area contributed by atoms with Gasteiger partial charge in [0.15, 0.2) is 10.9 Å². The second-order valence-corrected chi connectivity index (χ2v) is 8.76. The summed E-state index contributed by atoms with van der Waals surface area (Å²) in [6.45, 7) is 7.80. The van der Waals surface area contributed by atoms with E-state index in [-0.39, 0.29) is 17.1 Å². The van der Waals surface area contributed by atoms with E-state index in [9.17, 15) is 9.59 Å². The van der Waals surface area contributed by atoms with Crippen molar-refractivity contribution in [1.29, 1.82) is 0 Å². The molecule has 0 aliphatic heterocycles. The minimum atomic E-state index is -0.0912. The number of anilines is 1. The Kier molecular flexibility index (Phi) is 6.83. The van der Waals surface area contributed by atoms with E-state index in [4.69, 9.17) is 4.74 Å². The molecule has 26 heavy (non-hydrogen) atoms. The Morgan fingerprint density at radius 2 is 2.04 bits per heavy atom. The Bertz CT molecular complexity index is 794. The number of thioether (sulfide) groups is 1. The fourth-order valence-electron chi connectivity index (χ4n) is 2.20. The number of hydrogen-bond donors (Lipinski definition) is 1. The Labute approximate surface area is 162 Å². The number of hydrogen-bond acceptors (Lipinski definition) is 6. The number of rotatable bonds is 7. The van der Waals surface area contributed by atoms with Gasteiger partial charge in [-0.15, -0.1) is 23.1 Å². The van der Waals surface area contributed by atoms with Gasteiger partial charge in [-0.1, -0.05) is 20.8 Å². The molecular formula is C19H24N2O3S2. The van der Waals surface area contributed by atoms with Crippen LogP contribution in [0.3, 0.4) is 0 Å². The monoisotopic (exact) mass is 392 g/mol. The first kappa shape index (κ1) is 20.5. The van der Waals surface area contributed by atoms with Crippen molar-refractivity contribution in [3.63, 3.8) is 0 Å². The van der Waals surface area contributed by atoms with E-state index in [0.717, 1.165) is 17.0 Å². The number of amides is 1. The number of carbonyl (C=O) groups is 2. The molecule has 0 saturated carbocycles. The van der Waals surface area contributed by atoms with Crippen LogP contribution in [-0.2, 0) is 16.0 Å². The maximum Gasteiger partial charge on any atom is 0.236 e. The lowest BCUT2D eigenvalue weighted by Crippen LogP contribution is -2.15. The van der Waals surface area contributed by atoms with Gasteiger partial charge in [0.05, 0.1) is 18.6 Å². The van der Waals surface area contributed by atoms with Crippen molar-refractivity contribution in [1.82, 2.24) is 4.98 Å². The fourth-order valence-corrected chi connectivity index (χ4v) is 3.95. The Morgan fingerprint density at radius 3 is 2.62 bits per heavy atom. The second kappa shape index (κ2) is 8.68. The summed E-state index contributed by atoms with van der Waals surface area (Å²) in [6, 6.07) is 5.36. The highest BCUT2D eigenvalue weighted by atomic mass is 32.2. The largest absolute Gasteiger partial charge is 0.496 e. The lowest BCUT2D eigenvalue weighted by molar-refractivity contribution is -0.113. The average Bonchev–Trinajstić information content (AvgIpc) is 3.03. The molecular weight excluding hydrogens is 368 g/mol. The molecule has 5 nitrogen and oxygen atoms in total. The van der Waals surface area contributed by atoms with Gasteiger partial charge in [0.25, 0.3) is 0 Å². The summed E-state index contributed by atoms with van der Waals surface area (Å²) in [5.74, 6) is 1.53. The number of benzene rings is 1. The van der Waals surface area contributed by atoms with Gasteiger partial charge < -0.3 is 10.1 Å². The van der Waals surface area contributed by atoms with E-state index in [1.807, 2.05) is 11.4 Å². The summed E-state index contributed by atoms with van der Waals surface area (Å²) in [4.78, 5) is 28.1. The molecule has 0 bridgehead atoms. The van der Waals surface area contributed by atoms with Crippen LogP contribution in [0, 0.1) is 0 Å². The highest BCUT2D eigenvalue weighted by Gasteiger charge is 2.18. The number of ketones is 1. The zero-order valence-corrected chi connectivity index (χ0v) is 17.3. The maximum absolute atomic E-state index is 12.1. The molecule has 7 heteroatoms. The minimum absolute atomic E-state index is 0.00932. The molecule has 2 rings (SSSR count). The van der Waals surface area contributed by atoms with E-state index in [2.05, 4.69) is 31.1 Å². The van der Waals surface area contributed by atoms with Crippen LogP contribution in [0.5, 0.6) is 5.75 Å².